The van der Waals surface area contributed by atoms with Crippen LogP contribution in [0.5, 0.6) is 0 Å². The maximum Gasteiger partial charge on any atom is 0.158 e. The molecule has 0 saturated heterocycles. The van der Waals surface area contributed by atoms with Crippen LogP contribution in [0.2, 0.25) is 5.02 Å². The number of aromatic nitrogens is 2. The molecule has 2 heterocycles. The molecule has 0 atom stereocenters. The summed E-state index contributed by atoms with van der Waals surface area (Å²) >= 11 is 5.81. The predicted molar refractivity (Wildman–Crippen MR) is 72.9 cm³/mol. The van der Waals surface area contributed by atoms with Crippen molar-refractivity contribution >= 4 is 17.2 Å². The molecule has 0 fully saturated rings. The fourth-order valence-electron chi connectivity index (χ4n) is 2.16. The number of fused-ring (bicyclic) bond motifs is 1. The molecule has 0 spiro atoms. The van der Waals surface area contributed by atoms with E-state index in [1.807, 2.05) is 4.40 Å². The van der Waals surface area contributed by atoms with Crippen molar-refractivity contribution in [2.75, 3.05) is 0 Å². The highest BCUT2D eigenvalue weighted by molar-refractivity contribution is 6.31. The third-order valence-corrected chi connectivity index (χ3v) is 3.25. The van der Waals surface area contributed by atoms with Gasteiger partial charge in [-0.2, -0.15) is 0 Å². The smallest absolute Gasteiger partial charge is 0.158 e. The highest BCUT2D eigenvalue weighted by Gasteiger charge is 2.25. The number of imidazole rings is 1. The van der Waals surface area contributed by atoms with Crippen LogP contribution in [0.15, 0.2) is 12.3 Å². The molecule has 0 bridgehead atoms. The maximum atomic E-state index is 13.6. The van der Waals surface area contributed by atoms with E-state index in [0.717, 1.165) is 11.4 Å². The molecule has 0 aliphatic carbocycles. The van der Waals surface area contributed by atoms with Gasteiger partial charge in [0, 0.05) is 23.4 Å². The maximum absolute atomic E-state index is 13.6. The fourth-order valence-corrected chi connectivity index (χ4v) is 2.31. The second-order valence-electron chi connectivity index (χ2n) is 5.95. The van der Waals surface area contributed by atoms with Gasteiger partial charge in [-0.3, -0.25) is 0 Å². The first-order valence-electron chi connectivity index (χ1n) is 6.09. The number of rotatable bonds is 1. The molecular formula is C14H18ClFN2. The summed E-state index contributed by atoms with van der Waals surface area (Å²) in [6.45, 7) is 10.5. The van der Waals surface area contributed by atoms with Gasteiger partial charge in [0.25, 0.3) is 0 Å². The van der Waals surface area contributed by atoms with Gasteiger partial charge in [-0.15, -0.1) is 0 Å². The molecule has 0 N–H and O–H groups in total. The summed E-state index contributed by atoms with van der Waals surface area (Å²) in [5, 5.41) is 0.114. The van der Waals surface area contributed by atoms with Gasteiger partial charge in [-0.1, -0.05) is 46.2 Å². The van der Waals surface area contributed by atoms with Crippen molar-refractivity contribution in [1.82, 2.24) is 9.38 Å². The Balaban J connectivity index is 2.84. The van der Waals surface area contributed by atoms with Crippen LogP contribution in [0, 0.1) is 5.82 Å². The molecule has 18 heavy (non-hydrogen) atoms. The quantitative estimate of drug-likeness (QED) is 0.742. The van der Waals surface area contributed by atoms with Gasteiger partial charge >= 0.3 is 0 Å². The minimum Gasteiger partial charge on any atom is -0.300 e. The van der Waals surface area contributed by atoms with Crippen molar-refractivity contribution in [3.05, 3.63) is 34.5 Å². The van der Waals surface area contributed by atoms with Crippen molar-refractivity contribution in [3.8, 4) is 0 Å². The average molecular weight is 269 g/mol. The monoisotopic (exact) mass is 268 g/mol. The van der Waals surface area contributed by atoms with Gasteiger partial charge < -0.3 is 4.40 Å². The molecule has 2 rings (SSSR count). The summed E-state index contributed by atoms with van der Waals surface area (Å²) in [5.41, 5.74) is 2.68. The van der Waals surface area contributed by atoms with Crippen LogP contribution in [-0.2, 0) is 5.41 Å². The largest absolute Gasteiger partial charge is 0.300 e. The first-order valence-corrected chi connectivity index (χ1v) is 6.47. The van der Waals surface area contributed by atoms with E-state index in [4.69, 9.17) is 11.6 Å². The standard InChI is InChI=1S/C14H18ClFN2/c1-8(2)12-13(14(3,4)5)17-11-6-9(15)10(16)7-18(11)12/h6-8H,1-5H3. The summed E-state index contributed by atoms with van der Waals surface area (Å²) in [6, 6.07) is 1.58. The van der Waals surface area contributed by atoms with Crippen LogP contribution < -0.4 is 0 Å². The summed E-state index contributed by atoms with van der Waals surface area (Å²) in [7, 11) is 0. The van der Waals surface area contributed by atoms with Crippen LogP contribution in [0.3, 0.4) is 0 Å². The van der Waals surface area contributed by atoms with E-state index in [9.17, 15) is 4.39 Å². The minimum absolute atomic E-state index is 0.0748. The summed E-state index contributed by atoms with van der Waals surface area (Å²) in [6.07, 6.45) is 1.43. The Hall–Kier alpha value is -1.09. The lowest BCUT2D eigenvalue weighted by Crippen LogP contribution is -2.15. The summed E-state index contributed by atoms with van der Waals surface area (Å²) in [4.78, 5) is 4.62. The van der Waals surface area contributed by atoms with E-state index in [2.05, 4.69) is 39.6 Å². The van der Waals surface area contributed by atoms with Crippen LogP contribution in [0.4, 0.5) is 4.39 Å². The van der Waals surface area contributed by atoms with E-state index >= 15 is 0 Å². The second-order valence-corrected chi connectivity index (χ2v) is 6.36. The molecule has 0 radical (unpaired) electrons. The van der Waals surface area contributed by atoms with Crippen molar-refractivity contribution in [2.24, 2.45) is 0 Å². The van der Waals surface area contributed by atoms with Gasteiger partial charge in [-0.05, 0) is 5.92 Å². The van der Waals surface area contributed by atoms with Crippen molar-refractivity contribution in [1.29, 1.82) is 0 Å². The molecule has 98 valence electrons. The third kappa shape index (κ3) is 2.12. The molecular weight excluding hydrogens is 251 g/mol. The van der Waals surface area contributed by atoms with E-state index < -0.39 is 5.82 Å². The Morgan fingerprint density at radius 3 is 2.44 bits per heavy atom. The van der Waals surface area contributed by atoms with Gasteiger partial charge in [0.05, 0.1) is 10.7 Å². The lowest BCUT2D eigenvalue weighted by Gasteiger charge is -2.19. The molecule has 2 aromatic heterocycles. The minimum atomic E-state index is -0.413. The molecule has 2 aromatic rings. The highest BCUT2D eigenvalue weighted by atomic mass is 35.5. The molecule has 0 amide bonds. The Bertz CT molecular complexity index is 594. The lowest BCUT2D eigenvalue weighted by molar-refractivity contribution is 0.556. The third-order valence-electron chi connectivity index (χ3n) is 2.96. The predicted octanol–water partition coefficient (Wildman–Crippen LogP) is 4.55. The molecule has 0 aliphatic heterocycles. The molecule has 0 unspecified atom stereocenters. The van der Waals surface area contributed by atoms with Gasteiger partial charge in [-0.25, -0.2) is 9.37 Å². The fraction of sp³-hybridized carbons (Fsp3) is 0.500. The van der Waals surface area contributed by atoms with E-state index in [1.165, 1.54) is 6.20 Å². The van der Waals surface area contributed by atoms with Crippen molar-refractivity contribution in [2.45, 2.75) is 46.0 Å². The second kappa shape index (κ2) is 4.23. The highest BCUT2D eigenvalue weighted by Crippen LogP contribution is 2.32. The molecule has 0 saturated carbocycles. The lowest BCUT2D eigenvalue weighted by atomic mass is 9.88. The first-order chi connectivity index (χ1) is 8.21. The van der Waals surface area contributed by atoms with E-state index in [-0.39, 0.29) is 16.4 Å². The Morgan fingerprint density at radius 1 is 1.33 bits per heavy atom. The van der Waals surface area contributed by atoms with Crippen molar-refractivity contribution < 1.29 is 4.39 Å². The summed E-state index contributed by atoms with van der Waals surface area (Å²) in [5.74, 6) is -0.140. The van der Waals surface area contributed by atoms with Crippen LogP contribution in [0.1, 0.15) is 51.9 Å². The number of nitrogens with zero attached hydrogens (tertiary/aromatic N) is 2. The van der Waals surface area contributed by atoms with Gasteiger partial charge in [0.2, 0.25) is 0 Å². The number of hydrogen-bond acceptors (Lipinski definition) is 1. The van der Waals surface area contributed by atoms with Gasteiger partial charge in [0.1, 0.15) is 5.65 Å². The van der Waals surface area contributed by atoms with Crippen LogP contribution in [0.25, 0.3) is 5.65 Å². The zero-order chi connectivity index (χ0) is 13.7. The topological polar surface area (TPSA) is 17.3 Å². The summed E-state index contributed by atoms with van der Waals surface area (Å²) < 4.78 is 15.4. The zero-order valence-corrected chi connectivity index (χ0v) is 12.1. The normalized spacial score (nSPS) is 12.7. The molecule has 4 heteroatoms. The Labute approximate surface area is 112 Å². The molecule has 2 nitrogen and oxygen atoms in total. The zero-order valence-electron chi connectivity index (χ0n) is 11.4. The number of halogens is 2. The number of pyridine rings is 1. The first kappa shape index (κ1) is 13.3. The average Bonchev–Trinajstić information content (AvgIpc) is 2.56. The van der Waals surface area contributed by atoms with Crippen LogP contribution in [-0.4, -0.2) is 9.38 Å². The molecule has 0 aromatic carbocycles. The van der Waals surface area contributed by atoms with Gasteiger partial charge in [0.15, 0.2) is 5.82 Å². The SMILES string of the molecule is CC(C)c1c(C(C)(C)C)nc2cc(Cl)c(F)cn12. The van der Waals surface area contributed by atoms with E-state index in [0.29, 0.717) is 5.65 Å². The van der Waals surface area contributed by atoms with E-state index in [1.54, 1.807) is 6.07 Å². The van der Waals surface area contributed by atoms with Crippen molar-refractivity contribution in [3.63, 3.8) is 0 Å². The Kier molecular flexibility index (Phi) is 3.14. The van der Waals surface area contributed by atoms with Crippen LogP contribution >= 0.6 is 11.6 Å². The Morgan fingerprint density at radius 2 is 1.94 bits per heavy atom. The number of hydrogen-bond donors (Lipinski definition) is 0. The molecule has 0 aliphatic rings.